The Labute approximate surface area is 181 Å². The quantitative estimate of drug-likeness (QED) is 0.686. The number of anilines is 1. The standard InChI is InChI=1S/C24H27N3O4/c1-15-12-20(30-2)21(31-3)14-18(15)26-23(28)16-9-10-17-19(13-16)25-22-8-6-4-5-7-11-27(22)24(17)29/h9-10,12-14H,4-8,11H2,1-3H3,(H,26,28). The maximum Gasteiger partial charge on any atom is 0.261 e. The van der Waals surface area contributed by atoms with Gasteiger partial charge in [0.25, 0.3) is 11.5 Å². The lowest BCUT2D eigenvalue weighted by atomic mass is 10.1. The largest absolute Gasteiger partial charge is 0.493 e. The predicted octanol–water partition coefficient (Wildman–Crippen LogP) is 4.09. The number of fused-ring (bicyclic) bond motifs is 2. The number of carbonyl (C=O) groups excluding carboxylic acids is 1. The maximum atomic E-state index is 13.0. The van der Waals surface area contributed by atoms with E-state index in [2.05, 4.69) is 5.32 Å². The van der Waals surface area contributed by atoms with Crippen LogP contribution in [-0.2, 0) is 13.0 Å². The van der Waals surface area contributed by atoms with Crippen LogP contribution in [0.15, 0.2) is 35.1 Å². The fourth-order valence-electron chi connectivity index (χ4n) is 4.05. The van der Waals surface area contributed by atoms with Gasteiger partial charge in [0.05, 0.1) is 25.1 Å². The SMILES string of the molecule is COc1cc(C)c(NC(=O)c2ccc3c(=O)n4c(nc3c2)CCCCCC4)cc1OC. The van der Waals surface area contributed by atoms with Crippen molar-refractivity contribution in [3.05, 3.63) is 57.6 Å². The molecule has 7 nitrogen and oxygen atoms in total. The Bertz CT molecular complexity index is 1200. The summed E-state index contributed by atoms with van der Waals surface area (Å²) in [7, 11) is 3.12. The van der Waals surface area contributed by atoms with Crippen LogP contribution in [-0.4, -0.2) is 29.7 Å². The monoisotopic (exact) mass is 421 g/mol. The Kier molecular flexibility index (Phi) is 5.93. The Balaban J connectivity index is 1.68. The number of hydrogen-bond donors (Lipinski definition) is 1. The molecule has 1 N–H and O–H groups in total. The van der Waals surface area contributed by atoms with Gasteiger partial charge in [-0.05, 0) is 49.6 Å². The van der Waals surface area contributed by atoms with E-state index in [0.29, 0.717) is 40.2 Å². The molecule has 3 aromatic rings. The van der Waals surface area contributed by atoms with Gasteiger partial charge in [0.15, 0.2) is 11.5 Å². The second kappa shape index (κ2) is 8.79. The van der Waals surface area contributed by atoms with Crippen LogP contribution in [0.25, 0.3) is 10.9 Å². The molecule has 0 unspecified atom stereocenters. The topological polar surface area (TPSA) is 82.5 Å². The number of rotatable bonds is 4. The van der Waals surface area contributed by atoms with Crippen LogP contribution in [0.4, 0.5) is 5.69 Å². The minimum Gasteiger partial charge on any atom is -0.493 e. The predicted molar refractivity (Wildman–Crippen MR) is 120 cm³/mol. The fraction of sp³-hybridized carbons (Fsp3) is 0.375. The van der Waals surface area contributed by atoms with E-state index in [0.717, 1.165) is 43.5 Å². The molecule has 0 bridgehead atoms. The van der Waals surface area contributed by atoms with E-state index in [1.807, 2.05) is 13.0 Å². The second-order valence-electron chi connectivity index (χ2n) is 7.86. The molecule has 4 rings (SSSR count). The highest BCUT2D eigenvalue weighted by Crippen LogP contribution is 2.33. The summed E-state index contributed by atoms with van der Waals surface area (Å²) in [6.45, 7) is 2.59. The minimum absolute atomic E-state index is 0.0235. The van der Waals surface area contributed by atoms with Gasteiger partial charge in [0.2, 0.25) is 0 Å². The van der Waals surface area contributed by atoms with E-state index in [1.165, 1.54) is 0 Å². The normalized spacial score (nSPS) is 13.8. The van der Waals surface area contributed by atoms with Crippen LogP contribution < -0.4 is 20.3 Å². The van der Waals surface area contributed by atoms with Crippen molar-refractivity contribution >= 4 is 22.5 Å². The molecule has 0 radical (unpaired) electrons. The lowest BCUT2D eigenvalue weighted by Crippen LogP contribution is -2.26. The lowest BCUT2D eigenvalue weighted by Gasteiger charge is -2.16. The van der Waals surface area contributed by atoms with Crippen LogP contribution in [0.2, 0.25) is 0 Å². The number of nitrogens with zero attached hydrogens (tertiary/aromatic N) is 2. The van der Waals surface area contributed by atoms with E-state index >= 15 is 0 Å². The van der Waals surface area contributed by atoms with E-state index in [9.17, 15) is 9.59 Å². The second-order valence-corrected chi connectivity index (χ2v) is 7.86. The molecule has 1 aliphatic heterocycles. The number of aromatic nitrogens is 2. The first-order chi connectivity index (χ1) is 15.0. The summed E-state index contributed by atoms with van der Waals surface area (Å²) in [6, 6.07) is 8.62. The van der Waals surface area contributed by atoms with Crippen molar-refractivity contribution in [3.63, 3.8) is 0 Å². The number of benzene rings is 2. The van der Waals surface area contributed by atoms with Gasteiger partial charge in [-0.2, -0.15) is 0 Å². The summed E-state index contributed by atoms with van der Waals surface area (Å²) in [5.41, 5.74) is 2.47. The van der Waals surface area contributed by atoms with E-state index in [-0.39, 0.29) is 11.5 Å². The molecular weight excluding hydrogens is 394 g/mol. The molecule has 0 saturated carbocycles. The van der Waals surface area contributed by atoms with Crippen LogP contribution in [0.5, 0.6) is 11.5 Å². The smallest absolute Gasteiger partial charge is 0.261 e. The number of amides is 1. The van der Waals surface area contributed by atoms with Gasteiger partial charge in [0.1, 0.15) is 5.82 Å². The van der Waals surface area contributed by atoms with Crippen LogP contribution in [0.3, 0.4) is 0 Å². The van der Waals surface area contributed by atoms with Crippen LogP contribution in [0.1, 0.15) is 47.4 Å². The van der Waals surface area contributed by atoms with Gasteiger partial charge in [-0.25, -0.2) is 4.98 Å². The zero-order valence-corrected chi connectivity index (χ0v) is 18.2. The van der Waals surface area contributed by atoms with Crippen molar-refractivity contribution in [1.82, 2.24) is 9.55 Å². The molecule has 2 aromatic carbocycles. The highest BCUT2D eigenvalue weighted by molar-refractivity contribution is 6.06. The van der Waals surface area contributed by atoms with Gasteiger partial charge < -0.3 is 14.8 Å². The zero-order chi connectivity index (χ0) is 22.0. The number of aryl methyl sites for hydroxylation is 2. The third-order valence-corrected chi connectivity index (χ3v) is 5.81. The van der Waals surface area contributed by atoms with Gasteiger partial charge in [-0.3, -0.25) is 14.2 Å². The molecular formula is C24H27N3O4. The van der Waals surface area contributed by atoms with Crippen molar-refractivity contribution < 1.29 is 14.3 Å². The summed E-state index contributed by atoms with van der Waals surface area (Å²) >= 11 is 0. The molecule has 1 aromatic heterocycles. The third kappa shape index (κ3) is 4.13. The molecule has 0 atom stereocenters. The van der Waals surface area contributed by atoms with Crippen LogP contribution >= 0.6 is 0 Å². The Hall–Kier alpha value is -3.35. The Morgan fingerprint density at radius 2 is 1.77 bits per heavy atom. The summed E-state index contributed by atoms with van der Waals surface area (Å²) in [4.78, 5) is 30.7. The van der Waals surface area contributed by atoms with Crippen molar-refractivity contribution in [2.45, 2.75) is 45.6 Å². The summed E-state index contributed by atoms with van der Waals surface area (Å²) in [6.07, 6.45) is 5.09. The summed E-state index contributed by atoms with van der Waals surface area (Å²) in [5, 5.41) is 3.47. The van der Waals surface area contributed by atoms with Gasteiger partial charge >= 0.3 is 0 Å². The molecule has 7 heteroatoms. The van der Waals surface area contributed by atoms with Crippen molar-refractivity contribution in [2.24, 2.45) is 0 Å². The van der Waals surface area contributed by atoms with Crippen molar-refractivity contribution in [2.75, 3.05) is 19.5 Å². The van der Waals surface area contributed by atoms with Gasteiger partial charge in [-0.1, -0.05) is 12.8 Å². The number of hydrogen-bond acceptors (Lipinski definition) is 5. The number of carbonyl (C=O) groups is 1. The number of methoxy groups -OCH3 is 2. The lowest BCUT2D eigenvalue weighted by molar-refractivity contribution is 0.102. The zero-order valence-electron chi connectivity index (χ0n) is 18.2. The molecule has 0 saturated heterocycles. The van der Waals surface area contributed by atoms with E-state index in [1.54, 1.807) is 43.1 Å². The average molecular weight is 421 g/mol. The first-order valence-corrected chi connectivity index (χ1v) is 10.6. The van der Waals surface area contributed by atoms with Gasteiger partial charge in [0, 0.05) is 30.3 Å². The minimum atomic E-state index is -0.272. The highest BCUT2D eigenvalue weighted by atomic mass is 16.5. The summed E-state index contributed by atoms with van der Waals surface area (Å²) < 4.78 is 12.4. The molecule has 0 fully saturated rings. The summed E-state index contributed by atoms with van der Waals surface area (Å²) in [5.74, 6) is 1.68. The van der Waals surface area contributed by atoms with Crippen molar-refractivity contribution in [1.29, 1.82) is 0 Å². The molecule has 0 aliphatic carbocycles. The highest BCUT2D eigenvalue weighted by Gasteiger charge is 2.16. The molecule has 1 aliphatic rings. The Morgan fingerprint density at radius 3 is 2.55 bits per heavy atom. The first-order valence-electron chi connectivity index (χ1n) is 10.6. The molecule has 2 heterocycles. The van der Waals surface area contributed by atoms with Crippen molar-refractivity contribution in [3.8, 4) is 11.5 Å². The van der Waals surface area contributed by atoms with E-state index < -0.39 is 0 Å². The van der Waals surface area contributed by atoms with Gasteiger partial charge in [-0.15, -0.1) is 0 Å². The Morgan fingerprint density at radius 1 is 1.03 bits per heavy atom. The maximum absolute atomic E-state index is 13.0. The molecule has 162 valence electrons. The number of ether oxygens (including phenoxy) is 2. The molecule has 0 spiro atoms. The first kappa shape index (κ1) is 20.9. The molecule has 31 heavy (non-hydrogen) atoms. The third-order valence-electron chi connectivity index (χ3n) is 5.81. The van der Waals surface area contributed by atoms with Crippen LogP contribution in [0, 0.1) is 6.92 Å². The average Bonchev–Trinajstić information content (AvgIpc) is 2.75. The molecule has 1 amide bonds. The van der Waals surface area contributed by atoms with E-state index in [4.69, 9.17) is 14.5 Å². The fourth-order valence-corrected chi connectivity index (χ4v) is 4.05. The number of nitrogens with one attached hydrogen (secondary N) is 1.